The Bertz CT molecular complexity index is 701. The summed E-state index contributed by atoms with van der Waals surface area (Å²) >= 11 is 0. The Kier molecular flexibility index (Phi) is 4.47. The normalized spacial score (nSPS) is 15.0. The first-order valence-corrected chi connectivity index (χ1v) is 8.26. The second-order valence-corrected chi connectivity index (χ2v) is 6.46. The molecule has 1 amide bonds. The maximum Gasteiger partial charge on any atom is 0.235 e. The summed E-state index contributed by atoms with van der Waals surface area (Å²) in [5.41, 5.74) is 1.43. The number of carbonyl (C=O) groups is 1. The first-order valence-electron chi connectivity index (χ1n) is 8.26. The Morgan fingerprint density at radius 3 is 2.08 bits per heavy atom. The van der Waals surface area contributed by atoms with Gasteiger partial charge in [-0.3, -0.25) is 4.79 Å². The number of hydrogen-bond acceptors (Lipinski definition) is 3. The third-order valence-electron chi connectivity index (χ3n) is 4.31. The molecule has 0 heterocycles. The van der Waals surface area contributed by atoms with E-state index in [0.29, 0.717) is 0 Å². The van der Waals surface area contributed by atoms with Gasteiger partial charge in [0.25, 0.3) is 0 Å². The van der Waals surface area contributed by atoms with Gasteiger partial charge in [-0.25, -0.2) is 0 Å². The summed E-state index contributed by atoms with van der Waals surface area (Å²) in [6.45, 7) is 3.97. The number of amides is 1. The molecule has 1 aliphatic carbocycles. The molecule has 1 N–H and O–H groups in total. The highest BCUT2D eigenvalue weighted by molar-refractivity contribution is 6.01. The topological polar surface area (TPSA) is 47.6 Å². The predicted octanol–water partition coefficient (Wildman–Crippen LogP) is 4.15. The van der Waals surface area contributed by atoms with Gasteiger partial charge in [-0.05, 0) is 68.7 Å². The minimum absolute atomic E-state index is 0.0465. The van der Waals surface area contributed by atoms with Crippen molar-refractivity contribution in [2.45, 2.75) is 38.2 Å². The van der Waals surface area contributed by atoms with Gasteiger partial charge in [0.15, 0.2) is 0 Å². The molecule has 1 aliphatic rings. The monoisotopic (exact) mass is 325 g/mol. The van der Waals surface area contributed by atoms with E-state index in [-0.39, 0.29) is 12.0 Å². The molecule has 0 atom stereocenters. The molecule has 0 radical (unpaired) electrons. The molecule has 0 saturated heterocycles. The van der Waals surface area contributed by atoms with E-state index in [0.717, 1.165) is 35.6 Å². The van der Waals surface area contributed by atoms with Crippen molar-refractivity contribution < 1.29 is 14.3 Å². The molecule has 24 heavy (non-hydrogen) atoms. The minimum atomic E-state index is -0.403. The average molecular weight is 325 g/mol. The number of nitrogens with one attached hydrogen (secondary N) is 1. The lowest BCUT2D eigenvalue weighted by molar-refractivity contribution is -0.118. The van der Waals surface area contributed by atoms with Crippen molar-refractivity contribution in [1.29, 1.82) is 0 Å². The molecule has 126 valence electrons. The molecule has 0 unspecified atom stereocenters. The molecule has 1 fully saturated rings. The van der Waals surface area contributed by atoms with Gasteiger partial charge >= 0.3 is 0 Å². The second-order valence-electron chi connectivity index (χ2n) is 6.46. The zero-order chi connectivity index (χ0) is 17.2. The fourth-order valence-corrected chi connectivity index (χ4v) is 2.82. The van der Waals surface area contributed by atoms with Crippen molar-refractivity contribution in [2.24, 2.45) is 0 Å². The number of anilines is 1. The van der Waals surface area contributed by atoms with Gasteiger partial charge in [-0.1, -0.05) is 12.1 Å². The Morgan fingerprint density at radius 2 is 1.58 bits per heavy atom. The summed E-state index contributed by atoms with van der Waals surface area (Å²) in [4.78, 5) is 12.7. The first kappa shape index (κ1) is 16.4. The fourth-order valence-electron chi connectivity index (χ4n) is 2.82. The van der Waals surface area contributed by atoms with E-state index < -0.39 is 5.41 Å². The van der Waals surface area contributed by atoms with Crippen LogP contribution in [-0.4, -0.2) is 19.1 Å². The van der Waals surface area contributed by atoms with Crippen LogP contribution in [0.15, 0.2) is 48.5 Å². The number of benzene rings is 2. The van der Waals surface area contributed by atoms with Crippen LogP contribution in [0.25, 0.3) is 0 Å². The van der Waals surface area contributed by atoms with Crippen molar-refractivity contribution in [3.05, 3.63) is 54.1 Å². The largest absolute Gasteiger partial charge is 0.497 e. The number of methoxy groups -OCH3 is 1. The predicted molar refractivity (Wildman–Crippen MR) is 94.7 cm³/mol. The zero-order valence-electron chi connectivity index (χ0n) is 14.3. The van der Waals surface area contributed by atoms with Crippen molar-refractivity contribution >= 4 is 11.6 Å². The molecule has 1 saturated carbocycles. The van der Waals surface area contributed by atoms with Gasteiger partial charge in [-0.15, -0.1) is 0 Å². The number of ether oxygens (including phenoxy) is 2. The van der Waals surface area contributed by atoms with Gasteiger partial charge in [0.05, 0.1) is 18.6 Å². The van der Waals surface area contributed by atoms with Crippen LogP contribution in [0, 0.1) is 0 Å². The van der Waals surface area contributed by atoms with Crippen molar-refractivity contribution in [1.82, 2.24) is 0 Å². The quantitative estimate of drug-likeness (QED) is 0.868. The molecule has 2 aromatic carbocycles. The van der Waals surface area contributed by atoms with E-state index in [1.165, 1.54) is 0 Å². The molecule has 4 heteroatoms. The minimum Gasteiger partial charge on any atom is -0.497 e. The number of carbonyl (C=O) groups excluding carboxylic acids is 1. The van der Waals surface area contributed by atoms with Gasteiger partial charge in [0, 0.05) is 5.69 Å². The van der Waals surface area contributed by atoms with Gasteiger partial charge in [-0.2, -0.15) is 0 Å². The van der Waals surface area contributed by atoms with Crippen LogP contribution in [0.2, 0.25) is 0 Å². The van der Waals surface area contributed by atoms with Crippen LogP contribution in [0.3, 0.4) is 0 Å². The highest BCUT2D eigenvalue weighted by atomic mass is 16.5. The van der Waals surface area contributed by atoms with E-state index in [9.17, 15) is 4.79 Å². The first-order chi connectivity index (χ1) is 11.5. The Balaban J connectivity index is 1.69. The Labute approximate surface area is 142 Å². The van der Waals surface area contributed by atoms with Crippen LogP contribution in [0.1, 0.15) is 32.3 Å². The van der Waals surface area contributed by atoms with Crippen LogP contribution < -0.4 is 14.8 Å². The number of hydrogen-bond donors (Lipinski definition) is 1. The Hall–Kier alpha value is -2.49. The smallest absolute Gasteiger partial charge is 0.235 e. The standard InChI is InChI=1S/C20H23NO3/c1-14(2)24-18-10-6-16(7-11-18)21-19(22)20(12-13-20)15-4-8-17(23-3)9-5-15/h4-11,14H,12-13H2,1-3H3,(H,21,22). The molecule has 0 aliphatic heterocycles. The summed E-state index contributed by atoms with van der Waals surface area (Å²) < 4.78 is 10.8. The lowest BCUT2D eigenvalue weighted by Gasteiger charge is -2.17. The zero-order valence-corrected chi connectivity index (χ0v) is 14.3. The van der Waals surface area contributed by atoms with Crippen LogP contribution >= 0.6 is 0 Å². The summed E-state index contributed by atoms with van der Waals surface area (Å²) in [7, 11) is 1.64. The van der Waals surface area contributed by atoms with Crippen molar-refractivity contribution in [3.63, 3.8) is 0 Å². The van der Waals surface area contributed by atoms with Crippen LogP contribution in [-0.2, 0) is 10.2 Å². The molecule has 0 bridgehead atoms. The maximum atomic E-state index is 12.7. The van der Waals surface area contributed by atoms with E-state index in [1.807, 2.05) is 62.4 Å². The summed E-state index contributed by atoms with van der Waals surface area (Å²) in [6.07, 6.45) is 1.88. The van der Waals surface area contributed by atoms with Gasteiger partial charge < -0.3 is 14.8 Å². The van der Waals surface area contributed by atoms with Crippen LogP contribution in [0.5, 0.6) is 11.5 Å². The fraction of sp³-hybridized carbons (Fsp3) is 0.350. The molecular weight excluding hydrogens is 302 g/mol. The summed E-state index contributed by atoms with van der Waals surface area (Å²) in [5, 5.41) is 3.03. The SMILES string of the molecule is COc1ccc(C2(C(=O)Nc3ccc(OC(C)C)cc3)CC2)cc1. The van der Waals surface area contributed by atoms with E-state index in [1.54, 1.807) is 7.11 Å². The molecule has 2 aromatic rings. The Morgan fingerprint density at radius 1 is 1.00 bits per heavy atom. The number of rotatable bonds is 6. The van der Waals surface area contributed by atoms with E-state index >= 15 is 0 Å². The molecule has 4 nitrogen and oxygen atoms in total. The lowest BCUT2D eigenvalue weighted by atomic mass is 9.95. The molecule has 3 rings (SSSR count). The summed E-state index contributed by atoms with van der Waals surface area (Å²) in [5.74, 6) is 1.65. The van der Waals surface area contributed by atoms with E-state index in [4.69, 9.17) is 9.47 Å². The van der Waals surface area contributed by atoms with E-state index in [2.05, 4.69) is 5.32 Å². The van der Waals surface area contributed by atoms with Crippen LogP contribution in [0.4, 0.5) is 5.69 Å². The molecular formula is C20H23NO3. The lowest BCUT2D eigenvalue weighted by Crippen LogP contribution is -2.27. The average Bonchev–Trinajstić information content (AvgIpc) is 3.38. The van der Waals surface area contributed by atoms with Crippen molar-refractivity contribution in [2.75, 3.05) is 12.4 Å². The third kappa shape index (κ3) is 3.37. The molecule has 0 aromatic heterocycles. The molecule has 0 spiro atoms. The second kappa shape index (κ2) is 6.56. The van der Waals surface area contributed by atoms with Gasteiger partial charge in [0.1, 0.15) is 11.5 Å². The summed E-state index contributed by atoms with van der Waals surface area (Å²) in [6, 6.07) is 15.3. The van der Waals surface area contributed by atoms with Gasteiger partial charge in [0.2, 0.25) is 5.91 Å². The maximum absolute atomic E-state index is 12.7. The highest BCUT2D eigenvalue weighted by Crippen LogP contribution is 2.49. The highest BCUT2D eigenvalue weighted by Gasteiger charge is 2.51. The van der Waals surface area contributed by atoms with Crippen molar-refractivity contribution in [3.8, 4) is 11.5 Å². The third-order valence-corrected chi connectivity index (χ3v) is 4.31.